The lowest BCUT2D eigenvalue weighted by atomic mass is 10.1. The molecule has 1 atom stereocenters. The first-order valence-corrected chi connectivity index (χ1v) is 10.8. The monoisotopic (exact) mass is 388 g/mol. The smallest absolute Gasteiger partial charge is 0.305 e. The summed E-state index contributed by atoms with van der Waals surface area (Å²) in [6, 6.07) is 3.33. The second-order valence-electron chi connectivity index (χ2n) is 5.62. The molecular formula is C16H24N2O5S2. The minimum atomic E-state index is -3.28. The lowest BCUT2D eigenvalue weighted by Crippen LogP contribution is -2.32. The van der Waals surface area contributed by atoms with Gasteiger partial charge in [-0.1, -0.05) is 24.3 Å². The molecule has 3 N–H and O–H groups in total. The van der Waals surface area contributed by atoms with Crippen LogP contribution in [-0.2, 0) is 21.0 Å². The molecule has 1 unspecified atom stereocenters. The van der Waals surface area contributed by atoms with Gasteiger partial charge in [0.25, 0.3) is 0 Å². The number of aromatic hydroxyl groups is 1. The predicted octanol–water partition coefficient (Wildman–Crippen LogP) is 1.61. The molecule has 25 heavy (non-hydrogen) atoms. The van der Waals surface area contributed by atoms with Crippen molar-refractivity contribution in [3.8, 4) is 5.75 Å². The van der Waals surface area contributed by atoms with Crippen molar-refractivity contribution in [1.29, 1.82) is 0 Å². The van der Waals surface area contributed by atoms with Gasteiger partial charge < -0.3 is 20.1 Å². The molecular weight excluding hydrogens is 364 g/mol. The number of nitrogens with one attached hydrogen (secondary N) is 2. The van der Waals surface area contributed by atoms with Gasteiger partial charge in [0.1, 0.15) is 11.3 Å². The van der Waals surface area contributed by atoms with Crippen LogP contribution in [0.25, 0.3) is 10.2 Å². The summed E-state index contributed by atoms with van der Waals surface area (Å²) in [5.74, 6) is 0.0752. The van der Waals surface area contributed by atoms with Crippen LogP contribution in [0.2, 0.25) is 0 Å². The summed E-state index contributed by atoms with van der Waals surface area (Å²) < 4.78 is 30.4. The Hall–Kier alpha value is -1.42. The number of aromatic amines is 1. The van der Waals surface area contributed by atoms with Crippen LogP contribution in [0, 0.1) is 0 Å². The first kappa shape index (κ1) is 19.9. The topological polar surface area (TPSA) is 108 Å². The Balaban J connectivity index is 1.88. The highest BCUT2D eigenvalue weighted by Gasteiger charge is 2.23. The van der Waals surface area contributed by atoms with Crippen LogP contribution >= 0.6 is 11.3 Å². The number of fused-ring (bicyclic) bond motifs is 1. The van der Waals surface area contributed by atoms with Crippen molar-refractivity contribution < 1.29 is 18.3 Å². The van der Waals surface area contributed by atoms with Crippen molar-refractivity contribution in [2.45, 2.75) is 32.1 Å². The Bertz CT molecular complexity index is 857. The second-order valence-corrected chi connectivity index (χ2v) is 8.87. The number of aromatic nitrogens is 1. The summed E-state index contributed by atoms with van der Waals surface area (Å²) in [7, 11) is -3.28. The third-order valence-corrected chi connectivity index (χ3v) is 6.86. The number of ether oxygens (including phenoxy) is 1. The average molecular weight is 389 g/mol. The molecule has 0 fully saturated rings. The Morgan fingerprint density at radius 3 is 2.76 bits per heavy atom. The number of phenolic OH excluding ortho intramolecular Hbond substituents is 1. The zero-order chi connectivity index (χ0) is 18.4. The maximum Gasteiger partial charge on any atom is 0.305 e. The van der Waals surface area contributed by atoms with E-state index in [1.54, 1.807) is 26.0 Å². The second kappa shape index (κ2) is 8.79. The number of thiazole rings is 1. The molecule has 2 rings (SSSR count). The van der Waals surface area contributed by atoms with Crippen molar-refractivity contribution in [2.24, 2.45) is 0 Å². The molecule has 0 spiro atoms. The van der Waals surface area contributed by atoms with Gasteiger partial charge in [-0.3, -0.25) is 4.79 Å². The first-order valence-electron chi connectivity index (χ1n) is 8.26. The standard InChI is InChI=1S/C16H24N2O5S2/c1-3-13(23-4-2)25(21,22)10-9-17-8-7-11-5-6-12(19)14-15(11)24-16(20)18-14/h5-6,13,17,19H,3-4,7-10H2,1-2H3,(H,18,20). The van der Waals surface area contributed by atoms with Gasteiger partial charge in [-0.05, 0) is 37.9 Å². The SMILES string of the molecule is CCOC(CC)S(=O)(=O)CCNCCc1ccc(O)c2[nH]c(=O)sc12. The molecule has 0 aliphatic heterocycles. The zero-order valence-electron chi connectivity index (χ0n) is 14.4. The van der Waals surface area contributed by atoms with E-state index in [1.807, 2.05) is 0 Å². The molecule has 2 aromatic rings. The van der Waals surface area contributed by atoms with Gasteiger partial charge in [-0.25, -0.2) is 8.42 Å². The Morgan fingerprint density at radius 2 is 2.08 bits per heavy atom. The molecule has 0 saturated carbocycles. The molecule has 0 aliphatic rings. The lowest BCUT2D eigenvalue weighted by Gasteiger charge is -2.16. The van der Waals surface area contributed by atoms with Gasteiger partial charge in [0.15, 0.2) is 15.3 Å². The predicted molar refractivity (Wildman–Crippen MR) is 100 cm³/mol. The number of hydrogen-bond donors (Lipinski definition) is 3. The average Bonchev–Trinajstić information content (AvgIpc) is 2.96. The van der Waals surface area contributed by atoms with E-state index in [1.165, 1.54) is 0 Å². The first-order chi connectivity index (χ1) is 11.9. The van der Waals surface area contributed by atoms with E-state index in [0.717, 1.165) is 21.6 Å². The number of benzene rings is 1. The third-order valence-electron chi connectivity index (χ3n) is 3.86. The molecule has 0 saturated heterocycles. The summed E-state index contributed by atoms with van der Waals surface area (Å²) in [4.78, 5) is 13.9. The summed E-state index contributed by atoms with van der Waals surface area (Å²) in [5.41, 5.74) is 0.651. The molecule has 0 amide bonds. The van der Waals surface area contributed by atoms with Crippen LogP contribution in [0.5, 0.6) is 5.75 Å². The van der Waals surface area contributed by atoms with Gasteiger partial charge in [0.2, 0.25) is 0 Å². The Labute approximate surface area is 151 Å². The molecule has 7 nitrogen and oxygen atoms in total. The maximum absolute atomic E-state index is 12.2. The van der Waals surface area contributed by atoms with Crippen molar-refractivity contribution in [2.75, 3.05) is 25.4 Å². The largest absolute Gasteiger partial charge is 0.506 e. The van der Waals surface area contributed by atoms with Gasteiger partial charge in [0.05, 0.1) is 10.5 Å². The molecule has 1 aromatic heterocycles. The fourth-order valence-electron chi connectivity index (χ4n) is 2.63. The van der Waals surface area contributed by atoms with Gasteiger partial charge in [0, 0.05) is 13.2 Å². The van der Waals surface area contributed by atoms with Crippen LogP contribution in [0.15, 0.2) is 16.9 Å². The molecule has 0 radical (unpaired) electrons. The van der Waals surface area contributed by atoms with Crippen LogP contribution in [0.4, 0.5) is 0 Å². The molecule has 1 heterocycles. The lowest BCUT2D eigenvalue weighted by molar-refractivity contribution is 0.115. The van der Waals surface area contributed by atoms with Gasteiger partial charge in [-0.2, -0.15) is 0 Å². The van der Waals surface area contributed by atoms with Crippen LogP contribution in [-0.4, -0.2) is 49.4 Å². The van der Waals surface area contributed by atoms with E-state index in [-0.39, 0.29) is 16.4 Å². The van der Waals surface area contributed by atoms with E-state index in [9.17, 15) is 18.3 Å². The Morgan fingerprint density at radius 1 is 1.32 bits per heavy atom. The molecule has 0 bridgehead atoms. The van der Waals surface area contributed by atoms with Crippen LogP contribution < -0.4 is 10.2 Å². The highest BCUT2D eigenvalue weighted by Crippen LogP contribution is 2.27. The van der Waals surface area contributed by atoms with E-state index in [4.69, 9.17) is 4.74 Å². The summed E-state index contributed by atoms with van der Waals surface area (Å²) in [6.45, 7) is 4.87. The van der Waals surface area contributed by atoms with Crippen LogP contribution in [0.1, 0.15) is 25.8 Å². The summed E-state index contributed by atoms with van der Waals surface area (Å²) in [6.07, 6.45) is 1.07. The molecule has 0 aliphatic carbocycles. The minimum absolute atomic E-state index is 0.0218. The quantitative estimate of drug-likeness (QED) is 0.534. The minimum Gasteiger partial charge on any atom is -0.506 e. The number of hydrogen-bond acceptors (Lipinski definition) is 7. The highest BCUT2D eigenvalue weighted by molar-refractivity contribution is 7.91. The van der Waals surface area contributed by atoms with E-state index < -0.39 is 15.3 Å². The van der Waals surface area contributed by atoms with E-state index in [2.05, 4.69) is 10.3 Å². The van der Waals surface area contributed by atoms with Crippen molar-refractivity contribution >= 4 is 31.4 Å². The summed E-state index contributed by atoms with van der Waals surface area (Å²) in [5, 5.41) is 12.9. The number of phenols is 1. The molecule has 140 valence electrons. The fraction of sp³-hybridized carbons (Fsp3) is 0.562. The van der Waals surface area contributed by atoms with Crippen molar-refractivity contribution in [1.82, 2.24) is 10.3 Å². The highest BCUT2D eigenvalue weighted by atomic mass is 32.2. The molecule has 9 heteroatoms. The van der Waals surface area contributed by atoms with Gasteiger partial charge >= 0.3 is 4.87 Å². The Kier molecular flexibility index (Phi) is 7.00. The number of H-pyrrole nitrogens is 1. The zero-order valence-corrected chi connectivity index (χ0v) is 16.0. The fourth-order valence-corrected chi connectivity index (χ4v) is 5.07. The molecule has 1 aromatic carbocycles. The van der Waals surface area contributed by atoms with E-state index >= 15 is 0 Å². The maximum atomic E-state index is 12.2. The van der Waals surface area contributed by atoms with Gasteiger partial charge in [-0.15, -0.1) is 0 Å². The van der Waals surface area contributed by atoms with Crippen molar-refractivity contribution in [3.63, 3.8) is 0 Å². The third kappa shape index (κ3) is 5.04. The van der Waals surface area contributed by atoms with Crippen LogP contribution in [0.3, 0.4) is 0 Å². The normalized spacial score (nSPS) is 13.4. The van der Waals surface area contributed by atoms with E-state index in [0.29, 0.717) is 38.1 Å². The number of rotatable bonds is 10. The number of sulfone groups is 1. The summed E-state index contributed by atoms with van der Waals surface area (Å²) >= 11 is 1.06. The van der Waals surface area contributed by atoms with Crippen molar-refractivity contribution in [3.05, 3.63) is 27.4 Å².